The molecular formula is C43H30N2. The standard InChI is InChI=1S/C43H30N2/c1-2-12-29(13-3-1)32-16-10-17-33(28-32)43-44-40-22-8-9-23-41(40)45(43)42-38(36-26-24-30-14-4-6-18-34(30)36)20-11-21-39(42)37-27-25-31-15-5-7-19-35(31)37/h1-28,36-37H. The quantitative estimate of drug-likeness (QED) is 0.200. The van der Waals surface area contributed by atoms with Crippen LogP contribution >= 0.6 is 0 Å². The summed E-state index contributed by atoms with van der Waals surface area (Å²) in [6, 6.07) is 52.4. The first-order valence-corrected chi connectivity index (χ1v) is 15.6. The first-order chi connectivity index (χ1) is 22.3. The number of hydrogen-bond acceptors (Lipinski definition) is 1. The molecule has 0 N–H and O–H groups in total. The average Bonchev–Trinajstić information content (AvgIpc) is 3.84. The lowest BCUT2D eigenvalue weighted by Crippen LogP contribution is -2.11. The van der Waals surface area contributed by atoms with E-state index in [0.29, 0.717) is 0 Å². The third kappa shape index (κ3) is 4.22. The summed E-state index contributed by atoms with van der Waals surface area (Å²) in [5.41, 5.74) is 14.6. The average molecular weight is 575 g/mol. The Morgan fingerprint density at radius 3 is 1.69 bits per heavy atom. The van der Waals surface area contributed by atoms with E-state index in [4.69, 9.17) is 4.98 Å². The van der Waals surface area contributed by atoms with Gasteiger partial charge in [0.2, 0.25) is 0 Å². The number of allylic oxidation sites excluding steroid dienone is 2. The van der Waals surface area contributed by atoms with Gasteiger partial charge in [0.15, 0.2) is 0 Å². The van der Waals surface area contributed by atoms with Crippen LogP contribution in [0.25, 0.3) is 51.4 Å². The Morgan fingerprint density at radius 2 is 0.978 bits per heavy atom. The SMILES string of the molecule is C1=CC(c2cccc(C3C=Cc4ccccc43)c2-n2c(-c3cccc(-c4ccccc4)c3)nc3ccccc32)c2ccccc21. The number of hydrogen-bond donors (Lipinski definition) is 0. The van der Waals surface area contributed by atoms with E-state index in [2.05, 4.69) is 174 Å². The molecule has 0 aliphatic heterocycles. The molecule has 0 fully saturated rings. The molecule has 2 heteroatoms. The van der Waals surface area contributed by atoms with Crippen LogP contribution in [0.15, 0.2) is 158 Å². The summed E-state index contributed by atoms with van der Waals surface area (Å²) in [6.07, 6.45) is 9.27. The molecule has 2 unspecified atom stereocenters. The van der Waals surface area contributed by atoms with Crippen LogP contribution in [0.5, 0.6) is 0 Å². The molecule has 2 atom stereocenters. The van der Waals surface area contributed by atoms with Crippen LogP contribution in [0.2, 0.25) is 0 Å². The fraction of sp³-hybridized carbons (Fsp3) is 0.0465. The van der Waals surface area contributed by atoms with Crippen LogP contribution in [-0.2, 0) is 0 Å². The lowest BCUT2D eigenvalue weighted by atomic mass is 9.85. The van der Waals surface area contributed by atoms with Crippen molar-refractivity contribution in [2.75, 3.05) is 0 Å². The van der Waals surface area contributed by atoms with Gasteiger partial charge in [-0.3, -0.25) is 4.57 Å². The van der Waals surface area contributed by atoms with Gasteiger partial charge in [-0.2, -0.15) is 0 Å². The fourth-order valence-corrected chi connectivity index (χ4v) is 7.30. The number of para-hydroxylation sites is 3. The van der Waals surface area contributed by atoms with Crippen LogP contribution in [0.3, 0.4) is 0 Å². The van der Waals surface area contributed by atoms with Gasteiger partial charge in [-0.1, -0.05) is 152 Å². The number of rotatable bonds is 5. The smallest absolute Gasteiger partial charge is 0.145 e. The zero-order valence-electron chi connectivity index (χ0n) is 24.7. The molecule has 45 heavy (non-hydrogen) atoms. The van der Waals surface area contributed by atoms with Crippen LogP contribution in [0, 0.1) is 0 Å². The maximum atomic E-state index is 5.35. The highest BCUT2D eigenvalue weighted by atomic mass is 15.1. The molecule has 9 rings (SSSR count). The lowest BCUT2D eigenvalue weighted by Gasteiger charge is -2.25. The summed E-state index contributed by atoms with van der Waals surface area (Å²) < 4.78 is 2.44. The minimum atomic E-state index is 0.140. The molecule has 0 bridgehead atoms. The van der Waals surface area contributed by atoms with Crippen molar-refractivity contribution in [3.63, 3.8) is 0 Å². The molecule has 6 aromatic carbocycles. The van der Waals surface area contributed by atoms with Gasteiger partial charge in [0.1, 0.15) is 5.82 Å². The molecule has 0 saturated heterocycles. The van der Waals surface area contributed by atoms with Gasteiger partial charge in [0.25, 0.3) is 0 Å². The number of fused-ring (bicyclic) bond motifs is 3. The third-order valence-corrected chi connectivity index (χ3v) is 9.38. The Hall–Kier alpha value is -5.73. The molecule has 2 aliphatic rings. The fourth-order valence-electron chi connectivity index (χ4n) is 7.30. The van der Waals surface area contributed by atoms with Gasteiger partial charge >= 0.3 is 0 Å². The first kappa shape index (κ1) is 25.7. The molecule has 2 nitrogen and oxygen atoms in total. The van der Waals surface area contributed by atoms with Gasteiger partial charge in [0, 0.05) is 17.4 Å². The van der Waals surface area contributed by atoms with E-state index < -0.39 is 0 Å². The Bertz CT molecular complexity index is 2210. The summed E-state index contributed by atoms with van der Waals surface area (Å²) in [5, 5.41) is 0. The summed E-state index contributed by atoms with van der Waals surface area (Å²) >= 11 is 0. The molecular weight excluding hydrogens is 544 g/mol. The highest BCUT2D eigenvalue weighted by molar-refractivity contribution is 5.86. The number of imidazole rings is 1. The number of benzene rings is 6. The van der Waals surface area contributed by atoms with E-state index in [1.165, 1.54) is 50.2 Å². The van der Waals surface area contributed by atoms with Gasteiger partial charge in [-0.25, -0.2) is 4.98 Å². The zero-order chi connectivity index (χ0) is 29.7. The minimum absolute atomic E-state index is 0.140. The second kappa shape index (κ2) is 10.5. The Kier molecular flexibility index (Phi) is 5.99. The van der Waals surface area contributed by atoms with Crippen molar-refractivity contribution in [2.24, 2.45) is 0 Å². The lowest BCUT2D eigenvalue weighted by molar-refractivity contribution is 0.941. The second-order valence-corrected chi connectivity index (χ2v) is 11.9. The molecule has 0 spiro atoms. The Labute approximate surface area is 263 Å². The molecule has 212 valence electrons. The van der Waals surface area contributed by atoms with Crippen molar-refractivity contribution in [3.05, 3.63) is 191 Å². The van der Waals surface area contributed by atoms with Crippen molar-refractivity contribution < 1.29 is 0 Å². The monoisotopic (exact) mass is 574 g/mol. The molecule has 0 saturated carbocycles. The van der Waals surface area contributed by atoms with E-state index in [1.54, 1.807) is 0 Å². The van der Waals surface area contributed by atoms with Gasteiger partial charge in [-0.05, 0) is 62.7 Å². The summed E-state index contributed by atoms with van der Waals surface area (Å²) in [7, 11) is 0. The van der Waals surface area contributed by atoms with Crippen molar-refractivity contribution in [1.82, 2.24) is 9.55 Å². The number of aromatic nitrogens is 2. The van der Waals surface area contributed by atoms with Crippen LogP contribution in [0.1, 0.15) is 45.2 Å². The maximum absolute atomic E-state index is 5.35. The molecule has 0 amide bonds. The first-order valence-electron chi connectivity index (χ1n) is 15.6. The minimum Gasteiger partial charge on any atom is -0.292 e. The van der Waals surface area contributed by atoms with Crippen molar-refractivity contribution >= 4 is 23.2 Å². The maximum Gasteiger partial charge on any atom is 0.145 e. The normalized spacial score (nSPS) is 16.3. The van der Waals surface area contributed by atoms with E-state index in [-0.39, 0.29) is 11.8 Å². The molecule has 1 heterocycles. The number of nitrogens with zero attached hydrogens (tertiary/aromatic N) is 2. The summed E-state index contributed by atoms with van der Waals surface area (Å²) in [5.74, 6) is 1.23. The zero-order valence-corrected chi connectivity index (χ0v) is 24.7. The van der Waals surface area contributed by atoms with Gasteiger partial charge in [0.05, 0.1) is 16.7 Å². The van der Waals surface area contributed by atoms with Crippen LogP contribution in [-0.4, -0.2) is 9.55 Å². The van der Waals surface area contributed by atoms with Crippen LogP contribution < -0.4 is 0 Å². The van der Waals surface area contributed by atoms with Gasteiger partial charge in [-0.15, -0.1) is 0 Å². The van der Waals surface area contributed by atoms with Gasteiger partial charge < -0.3 is 0 Å². The van der Waals surface area contributed by atoms with E-state index in [1.807, 2.05) is 0 Å². The highest BCUT2D eigenvalue weighted by Gasteiger charge is 2.30. The molecule has 1 aromatic heterocycles. The molecule has 0 radical (unpaired) electrons. The third-order valence-electron chi connectivity index (χ3n) is 9.38. The van der Waals surface area contributed by atoms with E-state index in [9.17, 15) is 0 Å². The Morgan fingerprint density at radius 1 is 0.444 bits per heavy atom. The predicted molar refractivity (Wildman–Crippen MR) is 187 cm³/mol. The van der Waals surface area contributed by atoms with E-state index >= 15 is 0 Å². The summed E-state index contributed by atoms with van der Waals surface area (Å²) in [4.78, 5) is 5.35. The summed E-state index contributed by atoms with van der Waals surface area (Å²) in [6.45, 7) is 0. The topological polar surface area (TPSA) is 17.8 Å². The highest BCUT2D eigenvalue weighted by Crippen LogP contribution is 2.46. The van der Waals surface area contributed by atoms with Crippen molar-refractivity contribution in [2.45, 2.75) is 11.8 Å². The molecule has 7 aromatic rings. The van der Waals surface area contributed by atoms with E-state index in [0.717, 1.165) is 22.4 Å². The predicted octanol–water partition coefficient (Wildman–Crippen LogP) is 10.7. The molecule has 2 aliphatic carbocycles. The second-order valence-electron chi connectivity index (χ2n) is 11.9. The van der Waals surface area contributed by atoms with Crippen molar-refractivity contribution in [3.8, 4) is 28.2 Å². The van der Waals surface area contributed by atoms with Crippen molar-refractivity contribution in [1.29, 1.82) is 0 Å². The largest absolute Gasteiger partial charge is 0.292 e. The van der Waals surface area contributed by atoms with Crippen LogP contribution in [0.4, 0.5) is 0 Å². The Balaban J connectivity index is 1.34.